The lowest BCUT2D eigenvalue weighted by Crippen LogP contribution is -2.00. The van der Waals surface area contributed by atoms with E-state index in [2.05, 4.69) is 27.0 Å². The first-order valence-corrected chi connectivity index (χ1v) is 7.89. The predicted molar refractivity (Wildman–Crippen MR) is 97.1 cm³/mol. The van der Waals surface area contributed by atoms with E-state index in [4.69, 9.17) is 15.2 Å². The minimum atomic E-state index is 0.187. The molecule has 24 heavy (non-hydrogen) atoms. The van der Waals surface area contributed by atoms with Crippen LogP contribution in [-0.2, 0) is 0 Å². The molecule has 0 bridgehead atoms. The number of pyridine rings is 1. The Morgan fingerprint density at radius 2 is 1.83 bits per heavy atom. The van der Waals surface area contributed by atoms with E-state index < -0.39 is 0 Å². The molecule has 0 unspecified atom stereocenters. The van der Waals surface area contributed by atoms with Gasteiger partial charge in [0.15, 0.2) is 11.5 Å². The Morgan fingerprint density at radius 1 is 1.12 bits per heavy atom. The van der Waals surface area contributed by atoms with Gasteiger partial charge >= 0.3 is 0 Å². The van der Waals surface area contributed by atoms with E-state index in [1.54, 1.807) is 20.3 Å². The largest absolute Gasteiger partial charge is 0.493 e. The average Bonchev–Trinajstić information content (AvgIpc) is 2.59. The highest BCUT2D eigenvalue weighted by molar-refractivity contribution is 9.10. The average molecular weight is 384 g/mol. The third kappa shape index (κ3) is 2.63. The Bertz CT molecular complexity index is 980. The summed E-state index contributed by atoms with van der Waals surface area (Å²) in [4.78, 5) is 4.35. The topological polar surface area (TPSA) is 81.2 Å². The van der Waals surface area contributed by atoms with Crippen molar-refractivity contribution in [3.05, 3.63) is 46.4 Å². The second-order valence-corrected chi connectivity index (χ2v) is 6.01. The van der Waals surface area contributed by atoms with E-state index in [9.17, 15) is 5.26 Å². The molecule has 0 radical (unpaired) electrons. The molecule has 2 aromatic carbocycles. The van der Waals surface area contributed by atoms with Crippen molar-refractivity contribution in [3.63, 3.8) is 0 Å². The molecule has 0 aliphatic heterocycles. The van der Waals surface area contributed by atoms with Crippen LogP contribution in [0.25, 0.3) is 22.0 Å². The molecule has 0 saturated carbocycles. The summed E-state index contributed by atoms with van der Waals surface area (Å²) in [5, 5.41) is 10.4. The summed E-state index contributed by atoms with van der Waals surface area (Å²) in [6, 6.07) is 13.4. The molecule has 0 aliphatic carbocycles. The van der Waals surface area contributed by atoms with Crippen LogP contribution in [-0.4, -0.2) is 19.2 Å². The molecule has 5 nitrogen and oxygen atoms in total. The van der Waals surface area contributed by atoms with Gasteiger partial charge in [0, 0.05) is 21.5 Å². The number of nitrogen functional groups attached to an aromatic ring is 1. The third-order valence-corrected chi connectivity index (χ3v) is 4.24. The Morgan fingerprint density at radius 3 is 2.46 bits per heavy atom. The summed E-state index contributed by atoms with van der Waals surface area (Å²) >= 11 is 3.46. The number of anilines is 1. The van der Waals surface area contributed by atoms with Gasteiger partial charge in [0.2, 0.25) is 0 Å². The van der Waals surface area contributed by atoms with Gasteiger partial charge in [-0.05, 0) is 23.8 Å². The normalized spacial score (nSPS) is 10.4. The van der Waals surface area contributed by atoms with Crippen LogP contribution < -0.4 is 15.2 Å². The standard InChI is InChI=1S/C18H14BrN3O2/c1-23-15-7-12-14(8-16(15)24-2)22-18(21)13(9-20)17(12)10-4-3-5-11(19)6-10/h3-8H,1-2H3,(H2,21,22). The van der Waals surface area contributed by atoms with Gasteiger partial charge in [-0.15, -0.1) is 0 Å². The highest BCUT2D eigenvalue weighted by Crippen LogP contribution is 2.39. The molecule has 0 spiro atoms. The number of halogens is 1. The summed E-state index contributed by atoms with van der Waals surface area (Å²) < 4.78 is 11.6. The number of fused-ring (bicyclic) bond motifs is 1. The number of nitrogens with two attached hydrogens (primary N) is 1. The van der Waals surface area contributed by atoms with Crippen LogP contribution in [0.3, 0.4) is 0 Å². The Balaban J connectivity index is 2.46. The van der Waals surface area contributed by atoms with Gasteiger partial charge in [0.05, 0.1) is 19.7 Å². The van der Waals surface area contributed by atoms with Gasteiger partial charge < -0.3 is 15.2 Å². The van der Waals surface area contributed by atoms with Crippen molar-refractivity contribution < 1.29 is 9.47 Å². The van der Waals surface area contributed by atoms with E-state index in [0.29, 0.717) is 22.6 Å². The Hall–Kier alpha value is -2.78. The van der Waals surface area contributed by atoms with E-state index in [1.165, 1.54) is 0 Å². The molecule has 0 amide bonds. The quantitative estimate of drug-likeness (QED) is 0.734. The summed E-state index contributed by atoms with van der Waals surface area (Å²) in [6.07, 6.45) is 0. The smallest absolute Gasteiger partial charge is 0.162 e. The maximum Gasteiger partial charge on any atom is 0.162 e. The van der Waals surface area contributed by atoms with Crippen molar-refractivity contribution in [2.75, 3.05) is 20.0 Å². The zero-order valence-electron chi connectivity index (χ0n) is 13.1. The van der Waals surface area contributed by atoms with Crippen molar-refractivity contribution in [1.82, 2.24) is 4.98 Å². The van der Waals surface area contributed by atoms with Crippen LogP contribution >= 0.6 is 15.9 Å². The van der Waals surface area contributed by atoms with Crippen LogP contribution in [0.15, 0.2) is 40.9 Å². The summed E-state index contributed by atoms with van der Waals surface area (Å²) in [5.74, 6) is 1.31. The van der Waals surface area contributed by atoms with Crippen LogP contribution in [0.4, 0.5) is 5.82 Å². The molecule has 0 saturated heterocycles. The van der Waals surface area contributed by atoms with Gasteiger partial charge in [-0.25, -0.2) is 4.98 Å². The number of ether oxygens (including phenoxy) is 2. The molecule has 0 atom stereocenters. The zero-order chi connectivity index (χ0) is 17.3. The molecule has 120 valence electrons. The highest BCUT2D eigenvalue weighted by atomic mass is 79.9. The van der Waals surface area contributed by atoms with Crippen molar-refractivity contribution in [2.45, 2.75) is 0 Å². The van der Waals surface area contributed by atoms with Crippen molar-refractivity contribution >= 4 is 32.7 Å². The second-order valence-electron chi connectivity index (χ2n) is 5.09. The fourth-order valence-corrected chi connectivity index (χ4v) is 3.07. The van der Waals surface area contributed by atoms with Crippen LogP contribution in [0.2, 0.25) is 0 Å². The Labute approximate surface area is 147 Å². The fraction of sp³-hybridized carbons (Fsp3) is 0.111. The number of aromatic nitrogens is 1. The SMILES string of the molecule is COc1cc2nc(N)c(C#N)c(-c3cccc(Br)c3)c2cc1OC. The highest BCUT2D eigenvalue weighted by Gasteiger charge is 2.18. The van der Waals surface area contributed by atoms with Crippen molar-refractivity contribution in [2.24, 2.45) is 0 Å². The fourth-order valence-electron chi connectivity index (χ4n) is 2.67. The first-order valence-electron chi connectivity index (χ1n) is 7.10. The molecular formula is C18H14BrN3O2. The molecule has 3 aromatic rings. The number of nitriles is 1. The van der Waals surface area contributed by atoms with Crippen molar-refractivity contribution in [1.29, 1.82) is 5.26 Å². The summed E-state index contributed by atoms with van der Waals surface area (Å²) in [5.41, 5.74) is 8.59. The van der Waals surface area contributed by atoms with E-state index >= 15 is 0 Å². The van der Waals surface area contributed by atoms with E-state index in [0.717, 1.165) is 21.0 Å². The van der Waals surface area contributed by atoms with Gasteiger partial charge in [-0.2, -0.15) is 5.26 Å². The number of benzene rings is 2. The first-order chi connectivity index (χ1) is 11.6. The maximum absolute atomic E-state index is 9.58. The van der Waals surface area contributed by atoms with Gasteiger partial charge in [0.25, 0.3) is 0 Å². The summed E-state index contributed by atoms with van der Waals surface area (Å²) in [6.45, 7) is 0. The second kappa shape index (κ2) is 6.38. The van der Waals surface area contributed by atoms with Gasteiger partial charge in [-0.3, -0.25) is 0 Å². The molecule has 1 aromatic heterocycles. The third-order valence-electron chi connectivity index (χ3n) is 3.74. The molecule has 2 N–H and O–H groups in total. The van der Waals surface area contributed by atoms with Crippen LogP contribution in [0, 0.1) is 11.3 Å². The maximum atomic E-state index is 9.58. The Kier molecular flexibility index (Phi) is 4.28. The lowest BCUT2D eigenvalue weighted by Gasteiger charge is -2.14. The van der Waals surface area contributed by atoms with Crippen LogP contribution in [0.5, 0.6) is 11.5 Å². The first kappa shape index (κ1) is 16.1. The molecule has 3 rings (SSSR count). The number of hydrogen-bond donors (Lipinski definition) is 1. The molecular weight excluding hydrogens is 370 g/mol. The van der Waals surface area contributed by atoms with Crippen molar-refractivity contribution in [3.8, 4) is 28.7 Å². The monoisotopic (exact) mass is 383 g/mol. The number of methoxy groups -OCH3 is 2. The molecule has 0 aliphatic rings. The number of nitrogens with zero attached hydrogens (tertiary/aromatic N) is 2. The lowest BCUT2D eigenvalue weighted by atomic mass is 9.96. The zero-order valence-corrected chi connectivity index (χ0v) is 14.7. The minimum absolute atomic E-state index is 0.187. The molecule has 6 heteroatoms. The molecule has 1 heterocycles. The van der Waals surface area contributed by atoms with E-state index in [1.807, 2.05) is 30.3 Å². The van der Waals surface area contributed by atoms with E-state index in [-0.39, 0.29) is 5.82 Å². The minimum Gasteiger partial charge on any atom is -0.493 e. The number of rotatable bonds is 3. The van der Waals surface area contributed by atoms with Gasteiger partial charge in [-0.1, -0.05) is 28.1 Å². The number of hydrogen-bond acceptors (Lipinski definition) is 5. The molecule has 0 fully saturated rings. The summed E-state index contributed by atoms with van der Waals surface area (Å²) in [7, 11) is 3.13. The lowest BCUT2D eigenvalue weighted by molar-refractivity contribution is 0.356. The van der Waals surface area contributed by atoms with Crippen LogP contribution in [0.1, 0.15) is 5.56 Å². The predicted octanol–water partition coefficient (Wildman–Crippen LogP) is 4.14. The van der Waals surface area contributed by atoms with Gasteiger partial charge in [0.1, 0.15) is 17.5 Å².